The minimum absolute atomic E-state index is 0.299. The van der Waals surface area contributed by atoms with Crippen LogP contribution in [0.15, 0.2) is 48.7 Å². The Morgan fingerprint density at radius 2 is 1.78 bits per heavy atom. The molecular formula is C15H11NO2. The van der Waals surface area contributed by atoms with E-state index in [4.69, 9.17) is 9.47 Å². The first-order valence-electron chi connectivity index (χ1n) is 5.88. The van der Waals surface area contributed by atoms with Crippen molar-refractivity contribution in [3.63, 3.8) is 0 Å². The van der Waals surface area contributed by atoms with Crippen LogP contribution in [0.1, 0.15) is 0 Å². The van der Waals surface area contributed by atoms with Gasteiger partial charge in [-0.2, -0.15) is 0 Å². The number of aromatic nitrogens is 1. The lowest BCUT2D eigenvalue weighted by molar-refractivity contribution is 0.174. The van der Waals surface area contributed by atoms with Crippen molar-refractivity contribution in [1.29, 1.82) is 0 Å². The van der Waals surface area contributed by atoms with E-state index in [-0.39, 0.29) is 0 Å². The predicted molar refractivity (Wildman–Crippen MR) is 69.9 cm³/mol. The highest BCUT2D eigenvalue weighted by atomic mass is 16.7. The summed E-state index contributed by atoms with van der Waals surface area (Å²) < 4.78 is 11.0. The minimum atomic E-state index is 0.299. The number of para-hydroxylation sites is 2. The molecule has 0 radical (unpaired) electrons. The summed E-state index contributed by atoms with van der Waals surface area (Å²) in [4.78, 5) is 3.28. The summed E-state index contributed by atoms with van der Waals surface area (Å²) in [6.07, 6.45) is 1.95. The van der Waals surface area contributed by atoms with Crippen molar-refractivity contribution in [3.8, 4) is 22.6 Å². The number of rotatable bonds is 1. The molecule has 1 aromatic heterocycles. The molecule has 0 amide bonds. The van der Waals surface area contributed by atoms with Crippen LogP contribution in [-0.2, 0) is 0 Å². The summed E-state index contributed by atoms with van der Waals surface area (Å²) in [5.41, 5.74) is 3.33. The Morgan fingerprint density at radius 1 is 0.889 bits per heavy atom. The maximum Gasteiger partial charge on any atom is 0.231 e. The van der Waals surface area contributed by atoms with Gasteiger partial charge < -0.3 is 14.5 Å². The van der Waals surface area contributed by atoms with Gasteiger partial charge in [-0.1, -0.05) is 30.3 Å². The molecule has 0 aliphatic carbocycles. The minimum Gasteiger partial charge on any atom is -0.454 e. The first-order valence-corrected chi connectivity index (χ1v) is 5.88. The van der Waals surface area contributed by atoms with Crippen LogP contribution in [0.4, 0.5) is 0 Å². The van der Waals surface area contributed by atoms with E-state index in [0.717, 1.165) is 28.1 Å². The van der Waals surface area contributed by atoms with Gasteiger partial charge in [0.25, 0.3) is 0 Å². The summed E-state index contributed by atoms with van der Waals surface area (Å²) >= 11 is 0. The van der Waals surface area contributed by atoms with Gasteiger partial charge in [-0.25, -0.2) is 0 Å². The van der Waals surface area contributed by atoms with E-state index in [2.05, 4.69) is 35.3 Å². The molecule has 3 nitrogen and oxygen atoms in total. The quantitative estimate of drug-likeness (QED) is 0.702. The second-order valence-corrected chi connectivity index (χ2v) is 4.29. The monoisotopic (exact) mass is 237 g/mol. The van der Waals surface area contributed by atoms with Crippen LogP contribution in [0, 0.1) is 0 Å². The maximum atomic E-state index is 5.57. The van der Waals surface area contributed by atoms with Crippen molar-refractivity contribution in [3.05, 3.63) is 48.7 Å². The Balaban J connectivity index is 2.03. The zero-order valence-corrected chi connectivity index (χ0v) is 9.64. The van der Waals surface area contributed by atoms with Gasteiger partial charge in [0.1, 0.15) is 0 Å². The molecule has 2 heterocycles. The molecule has 1 aliphatic rings. The van der Waals surface area contributed by atoms with Crippen molar-refractivity contribution >= 4 is 10.9 Å². The van der Waals surface area contributed by atoms with Crippen LogP contribution >= 0.6 is 0 Å². The normalized spacial score (nSPS) is 13.1. The van der Waals surface area contributed by atoms with Gasteiger partial charge in [0.05, 0.1) is 5.52 Å². The number of fused-ring (bicyclic) bond motifs is 2. The van der Waals surface area contributed by atoms with Crippen molar-refractivity contribution in [2.24, 2.45) is 0 Å². The highest BCUT2D eigenvalue weighted by molar-refractivity contribution is 5.96. The molecule has 1 aliphatic heterocycles. The first kappa shape index (κ1) is 9.59. The molecule has 3 aromatic rings. The van der Waals surface area contributed by atoms with E-state index in [0.29, 0.717) is 6.79 Å². The Morgan fingerprint density at radius 3 is 2.78 bits per heavy atom. The number of nitrogens with one attached hydrogen (secondary N) is 1. The Kier molecular flexibility index (Phi) is 1.88. The molecule has 0 spiro atoms. The second kappa shape index (κ2) is 3.53. The molecule has 2 aromatic carbocycles. The van der Waals surface area contributed by atoms with Gasteiger partial charge in [0.15, 0.2) is 11.5 Å². The number of benzene rings is 2. The SMILES string of the molecule is c1cc2c(c(-c3cccc4cc[nH]c34)c1)OCO2. The van der Waals surface area contributed by atoms with E-state index in [1.165, 1.54) is 5.39 Å². The van der Waals surface area contributed by atoms with Crippen molar-refractivity contribution < 1.29 is 9.47 Å². The zero-order valence-electron chi connectivity index (χ0n) is 9.64. The van der Waals surface area contributed by atoms with Crippen LogP contribution in [0.5, 0.6) is 11.5 Å². The standard InChI is InChI=1S/C15H11NO2/c1-3-10-7-8-16-14(10)11(4-1)12-5-2-6-13-15(12)18-9-17-13/h1-8,16H,9H2. The van der Waals surface area contributed by atoms with Crippen molar-refractivity contribution in [2.45, 2.75) is 0 Å². The maximum absolute atomic E-state index is 5.57. The molecule has 0 atom stereocenters. The number of hydrogen-bond donors (Lipinski definition) is 1. The van der Waals surface area contributed by atoms with Gasteiger partial charge in [-0.05, 0) is 17.5 Å². The van der Waals surface area contributed by atoms with Crippen LogP contribution < -0.4 is 9.47 Å². The highest BCUT2D eigenvalue weighted by Gasteiger charge is 2.19. The Labute approximate surface area is 104 Å². The van der Waals surface area contributed by atoms with Gasteiger partial charge in [-0.15, -0.1) is 0 Å². The molecule has 1 N–H and O–H groups in total. The summed E-state index contributed by atoms with van der Waals surface area (Å²) in [6.45, 7) is 0.299. The average Bonchev–Trinajstić information content (AvgIpc) is 3.06. The van der Waals surface area contributed by atoms with Crippen molar-refractivity contribution in [2.75, 3.05) is 6.79 Å². The van der Waals surface area contributed by atoms with Crippen molar-refractivity contribution in [1.82, 2.24) is 4.98 Å². The Hall–Kier alpha value is -2.42. The molecule has 3 heteroatoms. The van der Waals surface area contributed by atoms with E-state index >= 15 is 0 Å². The smallest absolute Gasteiger partial charge is 0.231 e. The molecule has 0 fully saturated rings. The van der Waals surface area contributed by atoms with Gasteiger partial charge in [0.2, 0.25) is 6.79 Å². The number of H-pyrrole nitrogens is 1. The Bertz CT molecular complexity index is 730. The van der Waals surface area contributed by atoms with Crippen LogP contribution in [-0.4, -0.2) is 11.8 Å². The third-order valence-electron chi connectivity index (χ3n) is 3.27. The molecule has 18 heavy (non-hydrogen) atoms. The molecule has 0 saturated carbocycles. The zero-order chi connectivity index (χ0) is 11.9. The lowest BCUT2D eigenvalue weighted by Crippen LogP contribution is -1.93. The largest absolute Gasteiger partial charge is 0.454 e. The van der Waals surface area contributed by atoms with Gasteiger partial charge in [-0.3, -0.25) is 0 Å². The summed E-state index contributed by atoms with van der Waals surface area (Å²) in [5.74, 6) is 1.65. The summed E-state index contributed by atoms with van der Waals surface area (Å²) in [7, 11) is 0. The van der Waals surface area contributed by atoms with E-state index in [9.17, 15) is 0 Å². The fraction of sp³-hybridized carbons (Fsp3) is 0.0667. The second-order valence-electron chi connectivity index (χ2n) is 4.29. The highest BCUT2D eigenvalue weighted by Crippen LogP contribution is 2.42. The third kappa shape index (κ3) is 1.24. The predicted octanol–water partition coefficient (Wildman–Crippen LogP) is 3.56. The van der Waals surface area contributed by atoms with Crippen LogP contribution in [0.3, 0.4) is 0 Å². The number of ether oxygens (including phenoxy) is 2. The lowest BCUT2D eigenvalue weighted by atomic mass is 10.0. The molecule has 4 rings (SSSR count). The van der Waals surface area contributed by atoms with Crippen LogP contribution in [0.2, 0.25) is 0 Å². The summed E-state index contributed by atoms with van der Waals surface area (Å²) in [6, 6.07) is 14.3. The average molecular weight is 237 g/mol. The molecule has 0 saturated heterocycles. The fourth-order valence-electron chi connectivity index (χ4n) is 2.45. The lowest BCUT2D eigenvalue weighted by Gasteiger charge is -2.07. The number of hydrogen-bond acceptors (Lipinski definition) is 2. The van der Waals surface area contributed by atoms with Gasteiger partial charge in [0, 0.05) is 17.3 Å². The summed E-state index contributed by atoms with van der Waals surface area (Å²) in [5, 5.41) is 1.20. The molecule has 88 valence electrons. The third-order valence-corrected chi connectivity index (χ3v) is 3.27. The fourth-order valence-corrected chi connectivity index (χ4v) is 2.45. The molecule has 0 unspecified atom stereocenters. The van der Waals surface area contributed by atoms with E-state index in [1.807, 2.05) is 18.3 Å². The molecular weight excluding hydrogens is 226 g/mol. The van der Waals surface area contributed by atoms with E-state index < -0.39 is 0 Å². The van der Waals surface area contributed by atoms with Crippen LogP contribution in [0.25, 0.3) is 22.0 Å². The number of aromatic amines is 1. The first-order chi connectivity index (χ1) is 8.93. The molecule has 0 bridgehead atoms. The topological polar surface area (TPSA) is 34.2 Å². The van der Waals surface area contributed by atoms with Gasteiger partial charge >= 0.3 is 0 Å². The van der Waals surface area contributed by atoms with E-state index in [1.54, 1.807) is 0 Å².